The van der Waals surface area contributed by atoms with Gasteiger partial charge in [-0.1, -0.05) is 19.3 Å². The number of hydrogen-bond donors (Lipinski definition) is 1. The molecule has 1 fully saturated rings. The minimum Gasteiger partial charge on any atom is -0.313 e. The molecule has 0 atom stereocenters. The van der Waals surface area contributed by atoms with Gasteiger partial charge in [-0.15, -0.1) is 0 Å². The molecule has 1 N–H and O–H groups in total. The molecule has 4 nitrogen and oxygen atoms in total. The Balaban J connectivity index is 1.60. The van der Waals surface area contributed by atoms with E-state index in [2.05, 4.69) is 28.6 Å². The summed E-state index contributed by atoms with van der Waals surface area (Å²) < 4.78 is 1.86. The average molecular weight is 250 g/mol. The minimum absolute atomic E-state index is 0.769. The normalized spacial score (nSPS) is 17.5. The van der Waals surface area contributed by atoms with Crippen molar-refractivity contribution in [1.82, 2.24) is 20.0 Å². The topological polar surface area (TPSA) is 33.1 Å². The van der Waals surface area contributed by atoms with E-state index in [1.54, 1.807) is 0 Å². The monoisotopic (exact) mass is 250 g/mol. The fourth-order valence-corrected chi connectivity index (χ4v) is 2.71. The molecule has 102 valence electrons. The van der Waals surface area contributed by atoms with E-state index in [4.69, 9.17) is 0 Å². The highest BCUT2D eigenvalue weighted by Gasteiger charge is 2.12. The summed E-state index contributed by atoms with van der Waals surface area (Å²) in [5.41, 5.74) is 1.29. The molecule has 2 rings (SSSR count). The average Bonchev–Trinajstić information content (AvgIpc) is 2.76. The Labute approximate surface area is 110 Å². The lowest BCUT2D eigenvalue weighted by Gasteiger charge is -2.24. The predicted molar refractivity (Wildman–Crippen MR) is 74.4 cm³/mol. The van der Waals surface area contributed by atoms with Crippen LogP contribution >= 0.6 is 0 Å². The quantitative estimate of drug-likeness (QED) is 0.835. The van der Waals surface area contributed by atoms with E-state index >= 15 is 0 Å². The highest BCUT2D eigenvalue weighted by molar-refractivity contribution is 5.02. The van der Waals surface area contributed by atoms with Gasteiger partial charge >= 0.3 is 0 Å². The lowest BCUT2D eigenvalue weighted by molar-refractivity contribution is 0.300. The van der Waals surface area contributed by atoms with Crippen LogP contribution in [0, 0.1) is 0 Å². The van der Waals surface area contributed by atoms with Crippen molar-refractivity contribution < 1.29 is 0 Å². The molecular weight excluding hydrogens is 224 g/mol. The molecule has 1 aliphatic carbocycles. The van der Waals surface area contributed by atoms with Gasteiger partial charge in [0.25, 0.3) is 0 Å². The van der Waals surface area contributed by atoms with Crippen molar-refractivity contribution in [3.63, 3.8) is 0 Å². The number of rotatable bonds is 6. The maximum atomic E-state index is 4.20. The van der Waals surface area contributed by atoms with Crippen LogP contribution in [0.2, 0.25) is 0 Å². The molecule has 0 aromatic carbocycles. The van der Waals surface area contributed by atoms with E-state index in [-0.39, 0.29) is 0 Å². The zero-order chi connectivity index (χ0) is 12.8. The third-order valence-corrected chi connectivity index (χ3v) is 3.74. The van der Waals surface area contributed by atoms with Gasteiger partial charge in [-0.2, -0.15) is 5.10 Å². The van der Waals surface area contributed by atoms with Gasteiger partial charge in [0.05, 0.1) is 6.20 Å². The molecule has 0 bridgehead atoms. The summed E-state index contributed by atoms with van der Waals surface area (Å²) in [6.45, 7) is 3.19. The molecule has 4 heteroatoms. The number of hydrogen-bond acceptors (Lipinski definition) is 3. The molecule has 0 saturated heterocycles. The van der Waals surface area contributed by atoms with E-state index in [9.17, 15) is 0 Å². The van der Waals surface area contributed by atoms with E-state index in [0.717, 1.165) is 25.7 Å². The van der Waals surface area contributed by atoms with Crippen molar-refractivity contribution in [3.8, 4) is 0 Å². The molecule has 18 heavy (non-hydrogen) atoms. The van der Waals surface area contributed by atoms with Crippen molar-refractivity contribution in [1.29, 1.82) is 0 Å². The molecule has 0 unspecified atom stereocenters. The Bertz CT molecular complexity index is 341. The Kier molecular flexibility index (Phi) is 5.20. The third kappa shape index (κ3) is 4.42. The molecule has 0 spiro atoms. The summed E-state index contributed by atoms with van der Waals surface area (Å²) >= 11 is 0. The number of aryl methyl sites for hydroxylation is 1. The van der Waals surface area contributed by atoms with Gasteiger partial charge in [-0.05, 0) is 19.9 Å². The van der Waals surface area contributed by atoms with E-state index in [1.165, 1.54) is 37.7 Å². The largest absolute Gasteiger partial charge is 0.313 e. The molecule has 1 saturated carbocycles. The summed E-state index contributed by atoms with van der Waals surface area (Å²) in [5.74, 6) is 0. The maximum absolute atomic E-state index is 4.20. The molecule has 1 aliphatic rings. The number of nitrogens with zero attached hydrogens (tertiary/aromatic N) is 3. The first-order valence-electron chi connectivity index (χ1n) is 7.13. The zero-order valence-electron chi connectivity index (χ0n) is 11.7. The lowest BCUT2D eigenvalue weighted by atomic mass is 9.95. The summed E-state index contributed by atoms with van der Waals surface area (Å²) in [7, 11) is 4.14. The van der Waals surface area contributed by atoms with Gasteiger partial charge in [0.15, 0.2) is 0 Å². The van der Waals surface area contributed by atoms with Crippen molar-refractivity contribution >= 4 is 0 Å². The van der Waals surface area contributed by atoms with Crippen molar-refractivity contribution in [2.45, 2.75) is 44.7 Å². The standard InChI is InChI=1S/C14H26N4/c1-17(11-13-10-16-18(2)12-13)9-8-15-14-6-4-3-5-7-14/h10,12,14-15H,3-9,11H2,1-2H3. The van der Waals surface area contributed by atoms with Crippen LogP contribution in [0.15, 0.2) is 12.4 Å². The highest BCUT2D eigenvalue weighted by Crippen LogP contribution is 2.17. The third-order valence-electron chi connectivity index (χ3n) is 3.74. The number of aromatic nitrogens is 2. The van der Waals surface area contributed by atoms with Crippen LogP contribution in [0.25, 0.3) is 0 Å². The van der Waals surface area contributed by atoms with Gasteiger partial charge < -0.3 is 10.2 Å². The van der Waals surface area contributed by atoms with Crippen LogP contribution < -0.4 is 5.32 Å². The van der Waals surface area contributed by atoms with Crippen LogP contribution in [-0.4, -0.2) is 40.9 Å². The molecule has 1 aromatic rings. The fraction of sp³-hybridized carbons (Fsp3) is 0.786. The maximum Gasteiger partial charge on any atom is 0.0534 e. The van der Waals surface area contributed by atoms with Crippen LogP contribution in [0.4, 0.5) is 0 Å². The van der Waals surface area contributed by atoms with Gasteiger partial charge in [0.1, 0.15) is 0 Å². The Morgan fingerprint density at radius 3 is 2.83 bits per heavy atom. The molecule has 0 radical (unpaired) electrons. The first kappa shape index (κ1) is 13.6. The molecule has 0 aliphatic heterocycles. The second-order valence-corrected chi connectivity index (χ2v) is 5.55. The van der Waals surface area contributed by atoms with Gasteiger partial charge in [-0.25, -0.2) is 0 Å². The Hall–Kier alpha value is -0.870. The summed E-state index contributed by atoms with van der Waals surface area (Å²) in [6.07, 6.45) is 11.0. The molecule has 1 heterocycles. The van der Waals surface area contributed by atoms with Gasteiger partial charge in [0.2, 0.25) is 0 Å². The molecule has 1 aromatic heterocycles. The molecular formula is C14H26N4. The smallest absolute Gasteiger partial charge is 0.0534 e. The van der Waals surface area contributed by atoms with Crippen molar-refractivity contribution in [2.75, 3.05) is 20.1 Å². The minimum atomic E-state index is 0.769. The van der Waals surface area contributed by atoms with Crippen LogP contribution in [0.3, 0.4) is 0 Å². The summed E-state index contributed by atoms with van der Waals surface area (Å²) in [5, 5.41) is 7.88. The van der Waals surface area contributed by atoms with Crippen LogP contribution in [0.1, 0.15) is 37.7 Å². The van der Waals surface area contributed by atoms with Crippen molar-refractivity contribution in [2.24, 2.45) is 7.05 Å². The highest BCUT2D eigenvalue weighted by atomic mass is 15.2. The van der Waals surface area contributed by atoms with Crippen LogP contribution in [0.5, 0.6) is 0 Å². The first-order valence-corrected chi connectivity index (χ1v) is 7.13. The zero-order valence-corrected chi connectivity index (χ0v) is 11.7. The van der Waals surface area contributed by atoms with Gasteiger partial charge in [-0.3, -0.25) is 4.68 Å². The summed E-state index contributed by atoms with van der Waals surface area (Å²) in [4.78, 5) is 2.35. The second kappa shape index (κ2) is 6.90. The molecule has 0 amide bonds. The van der Waals surface area contributed by atoms with E-state index in [0.29, 0.717) is 0 Å². The summed E-state index contributed by atoms with van der Waals surface area (Å²) in [6, 6.07) is 0.769. The Morgan fingerprint density at radius 1 is 1.39 bits per heavy atom. The number of nitrogens with one attached hydrogen (secondary N) is 1. The first-order chi connectivity index (χ1) is 8.74. The lowest BCUT2D eigenvalue weighted by Crippen LogP contribution is -2.36. The number of likely N-dealkylation sites (N-methyl/N-ethyl adjacent to an activating group) is 1. The second-order valence-electron chi connectivity index (χ2n) is 5.55. The SMILES string of the molecule is CN(CCNC1CCCCC1)Cc1cnn(C)c1. The van der Waals surface area contributed by atoms with Gasteiger partial charge in [0, 0.05) is 44.5 Å². The fourth-order valence-electron chi connectivity index (χ4n) is 2.71. The van der Waals surface area contributed by atoms with Crippen LogP contribution in [-0.2, 0) is 13.6 Å². The Morgan fingerprint density at radius 2 is 2.17 bits per heavy atom. The van der Waals surface area contributed by atoms with Crippen molar-refractivity contribution in [3.05, 3.63) is 18.0 Å². The predicted octanol–water partition coefficient (Wildman–Crippen LogP) is 1.77. The van der Waals surface area contributed by atoms with E-state index < -0.39 is 0 Å². The van der Waals surface area contributed by atoms with E-state index in [1.807, 2.05) is 17.9 Å².